The average molecular weight is 524 g/mol. The lowest BCUT2D eigenvalue weighted by atomic mass is 10.2. The number of ether oxygens (including phenoxy) is 2. The van der Waals surface area contributed by atoms with E-state index in [1.807, 2.05) is 19.1 Å². The fourth-order valence-electron chi connectivity index (χ4n) is 3.22. The van der Waals surface area contributed by atoms with Gasteiger partial charge < -0.3 is 14.8 Å². The van der Waals surface area contributed by atoms with Crippen molar-refractivity contribution in [3.05, 3.63) is 109 Å². The van der Waals surface area contributed by atoms with Crippen molar-refractivity contribution in [2.75, 3.05) is 5.32 Å². The summed E-state index contributed by atoms with van der Waals surface area (Å²) in [5.41, 5.74) is 0.559. The number of nitrogens with one attached hydrogen (secondary N) is 1. The van der Waals surface area contributed by atoms with Crippen molar-refractivity contribution in [1.29, 1.82) is 0 Å². The Morgan fingerprint density at radius 2 is 1.76 bits per heavy atom. The lowest BCUT2D eigenvalue weighted by Crippen LogP contribution is -2.14. The Kier molecular flexibility index (Phi) is 7.30. The second-order valence-electron chi connectivity index (χ2n) is 7.68. The molecule has 0 fully saturated rings. The maximum atomic E-state index is 12.7. The largest absolute Gasteiger partial charge is 0.470 e. The molecule has 0 radical (unpaired) electrons. The number of nitro benzene ring substituents is 2. The number of benzene rings is 3. The highest BCUT2D eigenvalue weighted by Crippen LogP contribution is 2.31. The second-order valence-corrected chi connectivity index (χ2v) is 8.09. The van der Waals surface area contributed by atoms with E-state index in [0.29, 0.717) is 5.75 Å². The first-order valence-electron chi connectivity index (χ1n) is 10.6. The van der Waals surface area contributed by atoms with E-state index in [9.17, 15) is 25.0 Å². The number of aromatic nitrogens is 2. The molecule has 1 aromatic heterocycles. The molecule has 0 saturated heterocycles. The van der Waals surface area contributed by atoms with Crippen LogP contribution in [0.3, 0.4) is 0 Å². The van der Waals surface area contributed by atoms with Crippen LogP contribution in [-0.4, -0.2) is 25.5 Å². The molecule has 13 heteroatoms. The highest BCUT2D eigenvalue weighted by molar-refractivity contribution is 6.32. The first kappa shape index (κ1) is 25.1. The molecule has 1 heterocycles. The van der Waals surface area contributed by atoms with E-state index in [1.165, 1.54) is 47.3 Å². The molecule has 1 N–H and O–H groups in total. The molecule has 4 rings (SSSR count). The summed E-state index contributed by atoms with van der Waals surface area (Å²) < 4.78 is 12.6. The van der Waals surface area contributed by atoms with Gasteiger partial charge in [-0.15, -0.1) is 0 Å². The Morgan fingerprint density at radius 3 is 2.46 bits per heavy atom. The van der Waals surface area contributed by atoms with Gasteiger partial charge in [-0.2, -0.15) is 5.10 Å². The molecule has 0 bridgehead atoms. The van der Waals surface area contributed by atoms with Crippen LogP contribution in [0.25, 0.3) is 0 Å². The van der Waals surface area contributed by atoms with Gasteiger partial charge in [-0.1, -0.05) is 29.8 Å². The minimum atomic E-state index is -0.616. The van der Waals surface area contributed by atoms with E-state index in [-0.39, 0.29) is 46.0 Å². The van der Waals surface area contributed by atoms with Crippen molar-refractivity contribution in [1.82, 2.24) is 9.78 Å². The molecule has 0 aliphatic heterocycles. The number of rotatable bonds is 9. The molecule has 37 heavy (non-hydrogen) atoms. The number of carbonyl (C=O) groups is 1. The third-order valence-corrected chi connectivity index (χ3v) is 5.33. The molecule has 0 saturated carbocycles. The molecule has 0 unspecified atom stereocenters. The van der Waals surface area contributed by atoms with Crippen LogP contribution >= 0.6 is 11.6 Å². The summed E-state index contributed by atoms with van der Waals surface area (Å²) in [5.74, 6) is 0.283. The summed E-state index contributed by atoms with van der Waals surface area (Å²) in [6.07, 6.45) is 1.48. The van der Waals surface area contributed by atoms with Gasteiger partial charge in [-0.3, -0.25) is 25.0 Å². The van der Waals surface area contributed by atoms with Gasteiger partial charge in [0.25, 0.3) is 17.3 Å². The maximum Gasteiger partial charge on any atom is 0.276 e. The summed E-state index contributed by atoms with van der Waals surface area (Å²) in [6.45, 7) is 1.71. The van der Waals surface area contributed by atoms with Crippen LogP contribution in [0, 0.1) is 27.2 Å². The van der Waals surface area contributed by atoms with E-state index >= 15 is 0 Å². The van der Waals surface area contributed by atoms with Gasteiger partial charge in [0.1, 0.15) is 17.2 Å². The molecule has 0 atom stereocenters. The highest BCUT2D eigenvalue weighted by atomic mass is 35.5. The third-order valence-electron chi connectivity index (χ3n) is 5.03. The van der Waals surface area contributed by atoms with Gasteiger partial charge in [-0.25, -0.2) is 4.68 Å². The standard InChI is InChI=1S/C24H18ClN5O7/c1-15-4-2-3-5-22(15)37-19-11-16(10-18(12-19)30(34)35)26-24(31)21-8-9-28(27-21)14-36-23-7-6-17(29(32)33)13-20(23)25/h2-13H,14H2,1H3,(H,26,31). The van der Waals surface area contributed by atoms with Crippen molar-refractivity contribution in [2.45, 2.75) is 13.7 Å². The smallest absolute Gasteiger partial charge is 0.276 e. The maximum absolute atomic E-state index is 12.7. The van der Waals surface area contributed by atoms with Crippen molar-refractivity contribution >= 4 is 34.6 Å². The fraction of sp³-hybridized carbons (Fsp3) is 0.0833. The third kappa shape index (κ3) is 6.18. The van der Waals surface area contributed by atoms with Gasteiger partial charge in [0, 0.05) is 30.5 Å². The molecule has 3 aromatic carbocycles. The van der Waals surface area contributed by atoms with Gasteiger partial charge in [0.15, 0.2) is 12.4 Å². The molecule has 0 aliphatic carbocycles. The zero-order valence-electron chi connectivity index (χ0n) is 19.2. The number of para-hydroxylation sites is 1. The number of halogens is 1. The molecule has 0 aliphatic rings. The lowest BCUT2D eigenvalue weighted by Gasteiger charge is -2.10. The Hall–Kier alpha value is -4.97. The number of nitro groups is 2. The van der Waals surface area contributed by atoms with Crippen molar-refractivity contribution in [3.63, 3.8) is 0 Å². The number of nitrogens with zero attached hydrogens (tertiary/aromatic N) is 4. The first-order valence-corrected chi connectivity index (χ1v) is 11.0. The van der Waals surface area contributed by atoms with Crippen molar-refractivity contribution < 1.29 is 24.1 Å². The number of hydrogen-bond donors (Lipinski definition) is 1. The van der Waals surface area contributed by atoms with Gasteiger partial charge in [-0.05, 0) is 30.7 Å². The van der Waals surface area contributed by atoms with Crippen LogP contribution in [0.15, 0.2) is 72.9 Å². The topological polar surface area (TPSA) is 152 Å². The van der Waals surface area contributed by atoms with E-state index in [1.54, 1.807) is 12.1 Å². The molecule has 4 aromatic rings. The van der Waals surface area contributed by atoms with Crippen molar-refractivity contribution in [2.24, 2.45) is 0 Å². The van der Waals surface area contributed by atoms with E-state index < -0.39 is 15.8 Å². The number of hydrogen-bond acceptors (Lipinski definition) is 8. The summed E-state index contributed by atoms with van der Waals surface area (Å²) in [6, 6.07) is 16.3. The van der Waals surface area contributed by atoms with Crippen LogP contribution in [-0.2, 0) is 6.73 Å². The van der Waals surface area contributed by atoms with Crippen LogP contribution in [0.4, 0.5) is 17.1 Å². The monoisotopic (exact) mass is 523 g/mol. The normalized spacial score (nSPS) is 10.5. The van der Waals surface area contributed by atoms with Crippen LogP contribution < -0.4 is 14.8 Å². The van der Waals surface area contributed by atoms with Crippen molar-refractivity contribution in [3.8, 4) is 17.2 Å². The summed E-state index contributed by atoms with van der Waals surface area (Å²) in [4.78, 5) is 33.8. The molecule has 12 nitrogen and oxygen atoms in total. The Balaban J connectivity index is 1.45. The summed E-state index contributed by atoms with van der Waals surface area (Å²) in [7, 11) is 0. The van der Waals surface area contributed by atoms with Gasteiger partial charge >= 0.3 is 0 Å². The molecule has 1 amide bonds. The van der Waals surface area contributed by atoms with E-state index in [0.717, 1.165) is 11.6 Å². The molecular weight excluding hydrogens is 506 g/mol. The fourth-order valence-corrected chi connectivity index (χ4v) is 3.45. The minimum absolute atomic E-state index is 0.0197. The Labute approximate surface area is 214 Å². The lowest BCUT2D eigenvalue weighted by molar-refractivity contribution is -0.385. The number of non-ortho nitro benzene ring substituents is 2. The number of anilines is 1. The Bertz CT molecular complexity index is 1500. The zero-order valence-corrected chi connectivity index (χ0v) is 19.9. The summed E-state index contributed by atoms with van der Waals surface area (Å²) in [5, 5.41) is 29.0. The Morgan fingerprint density at radius 1 is 1.00 bits per heavy atom. The average Bonchev–Trinajstić information content (AvgIpc) is 3.34. The number of amides is 1. The number of carbonyl (C=O) groups excluding carboxylic acids is 1. The van der Waals surface area contributed by atoms with Gasteiger partial charge in [0.05, 0.1) is 26.6 Å². The quantitative estimate of drug-likeness (QED) is 0.215. The van der Waals surface area contributed by atoms with Crippen LogP contribution in [0.1, 0.15) is 16.1 Å². The molecule has 188 valence electrons. The summed E-state index contributed by atoms with van der Waals surface area (Å²) >= 11 is 6.01. The van der Waals surface area contributed by atoms with E-state index in [2.05, 4.69) is 10.4 Å². The number of aryl methyl sites for hydroxylation is 1. The predicted octanol–water partition coefficient (Wildman–Crippen LogP) is 5.74. The SMILES string of the molecule is Cc1ccccc1Oc1cc(NC(=O)c2ccn(COc3ccc([N+](=O)[O-])cc3Cl)n2)cc([N+](=O)[O-])c1. The van der Waals surface area contributed by atoms with Crippen LogP contribution in [0.2, 0.25) is 5.02 Å². The van der Waals surface area contributed by atoms with Gasteiger partial charge in [0.2, 0.25) is 0 Å². The predicted molar refractivity (Wildman–Crippen MR) is 133 cm³/mol. The van der Waals surface area contributed by atoms with E-state index in [4.69, 9.17) is 21.1 Å². The highest BCUT2D eigenvalue weighted by Gasteiger charge is 2.16. The minimum Gasteiger partial charge on any atom is -0.470 e. The zero-order chi connectivity index (χ0) is 26.5. The molecule has 0 spiro atoms. The second kappa shape index (κ2) is 10.7. The van der Waals surface area contributed by atoms with Crippen LogP contribution in [0.5, 0.6) is 17.2 Å². The first-order chi connectivity index (χ1) is 17.7. The molecular formula is C24H18ClN5O7.